The van der Waals surface area contributed by atoms with Crippen LogP contribution < -0.4 is 26.6 Å². The number of methoxy groups -OCH3 is 2. The maximum absolute atomic E-state index is 12.7. The first-order valence-electron chi connectivity index (χ1n) is 28.1. The van der Waals surface area contributed by atoms with Crippen LogP contribution in [0.15, 0.2) is 52.3 Å². The predicted octanol–water partition coefficient (Wildman–Crippen LogP) is 8.28. The molecular weight excluding hydrogens is 1040 g/mol. The molecule has 1 aliphatic carbocycles. The number of rotatable bonds is 31. The number of nitrogens with one attached hydrogen (secondary N) is 5. The highest BCUT2D eigenvalue weighted by Crippen LogP contribution is 2.37. The summed E-state index contributed by atoms with van der Waals surface area (Å²) in [6.07, 6.45) is 14.4. The van der Waals surface area contributed by atoms with Crippen molar-refractivity contribution in [3.63, 3.8) is 0 Å². The number of amides is 5. The number of likely N-dealkylation sites (N-methyl/N-ethyl adjacent to an activating group) is 3. The molecule has 0 radical (unpaired) electrons. The van der Waals surface area contributed by atoms with Gasteiger partial charge in [0.25, 0.3) is 5.91 Å². The van der Waals surface area contributed by atoms with Crippen molar-refractivity contribution in [1.82, 2.24) is 36.0 Å². The Hall–Kier alpha value is -4.65. The van der Waals surface area contributed by atoms with Gasteiger partial charge in [-0.05, 0) is 102 Å². The quantitative estimate of drug-likeness (QED) is 0.0448. The lowest BCUT2D eigenvalue weighted by Gasteiger charge is -2.38. The lowest BCUT2D eigenvalue weighted by atomic mass is 9.80. The number of halogens is 1. The van der Waals surface area contributed by atoms with Gasteiger partial charge in [-0.2, -0.15) is 0 Å². The van der Waals surface area contributed by atoms with Crippen LogP contribution in [0.1, 0.15) is 146 Å². The number of nitrogens with zero attached hydrogens (tertiary/aromatic N) is 4. The Kier molecular flexibility index (Phi) is 34.8. The van der Waals surface area contributed by atoms with Gasteiger partial charge in [-0.3, -0.25) is 38.7 Å². The number of hydrogen-bond donors (Lipinski definition) is 5. The van der Waals surface area contributed by atoms with Crippen LogP contribution in [0.25, 0.3) is 0 Å². The van der Waals surface area contributed by atoms with Crippen LogP contribution in [0.4, 0.5) is 5.69 Å². The molecule has 1 aromatic rings. The van der Waals surface area contributed by atoms with Crippen molar-refractivity contribution in [2.75, 3.05) is 72.7 Å². The normalized spacial score (nSPS) is 17.2. The number of ether oxygens (including phenoxy) is 2. The molecule has 17 nitrogen and oxygen atoms in total. The fourth-order valence-electron chi connectivity index (χ4n) is 9.23. The standard InChI is InChI=1S/C38H59BrN6O4.C18H35N3O4.C3H8/c1-8-25(2)12-9-13-26(3)36(49-7)27(4)35(30-15-11-16-30)45(6)19-18-29-14-10-17-32(20-29)44-34(46)24-42-37(47)28(5)43-38(48)31-22-40-33(21-39)41-23-31;1-9-12(2)17(15(25-8)10-13(3)22)21(7)16(23)11-19-18(24)14(4)20(5)6;1-3-2/h10,14,17,20,22-23,25-28,33,36,40H,8-9,11-13,15-16,18-19,21,24H2,1-7H3,(H,42,47)(H,43,48)(H,44,46);12,14-15,17H,9-11H2,1-8H3,(H,19,24);3H2,1-2H3. The second kappa shape index (κ2) is 38.0. The Morgan fingerprint density at radius 2 is 1.51 bits per heavy atom. The van der Waals surface area contributed by atoms with Crippen LogP contribution in [0.5, 0.6) is 0 Å². The first-order chi connectivity index (χ1) is 36.4. The third-order valence-electron chi connectivity index (χ3n) is 14.7. The summed E-state index contributed by atoms with van der Waals surface area (Å²) in [5, 5.41) is 14.4. The SMILES string of the molecule is CCC.CCC(C)C(C(CC(C)=O)OC)N(C)C(=O)CNC(=O)C(C)N(C)C.CCC(C)CCCC(C)C(OC)C(C)C(=C1CCC1)N(C)CCc1cccc(NC(=O)CNC(=O)C(C)NC(=O)C2=CNC(CBr)N=C2)c1. The van der Waals surface area contributed by atoms with Crippen molar-refractivity contribution in [1.29, 1.82) is 0 Å². The Morgan fingerprint density at radius 3 is 2.03 bits per heavy atom. The van der Waals surface area contributed by atoms with Crippen molar-refractivity contribution in [2.45, 2.75) is 183 Å². The molecule has 2 aliphatic rings. The van der Waals surface area contributed by atoms with Crippen LogP contribution in [0, 0.1) is 23.7 Å². The van der Waals surface area contributed by atoms with E-state index < -0.39 is 17.9 Å². The molecule has 18 heteroatoms. The molecule has 438 valence electrons. The summed E-state index contributed by atoms with van der Waals surface area (Å²) in [4.78, 5) is 83.9. The van der Waals surface area contributed by atoms with Gasteiger partial charge < -0.3 is 45.9 Å². The number of benzene rings is 1. The Morgan fingerprint density at radius 1 is 0.857 bits per heavy atom. The number of alkyl halides is 1. The first-order valence-corrected chi connectivity index (χ1v) is 29.3. The van der Waals surface area contributed by atoms with E-state index in [1.165, 1.54) is 57.4 Å². The average Bonchev–Trinajstić information content (AvgIpc) is 3.39. The van der Waals surface area contributed by atoms with E-state index >= 15 is 0 Å². The minimum Gasteiger partial charge on any atom is -0.380 e. The maximum Gasteiger partial charge on any atom is 0.254 e. The molecule has 0 bridgehead atoms. The van der Waals surface area contributed by atoms with E-state index in [9.17, 15) is 28.8 Å². The molecule has 1 aromatic carbocycles. The zero-order valence-electron chi connectivity index (χ0n) is 50.3. The minimum absolute atomic E-state index is 0.0223. The van der Waals surface area contributed by atoms with Crippen LogP contribution in [0.3, 0.4) is 0 Å². The molecular formula is C59H102BrN9O8. The third kappa shape index (κ3) is 25.3. The topological polar surface area (TPSA) is 203 Å². The van der Waals surface area contributed by atoms with Gasteiger partial charge in [0.2, 0.25) is 23.6 Å². The smallest absolute Gasteiger partial charge is 0.254 e. The molecule has 5 amide bonds. The van der Waals surface area contributed by atoms with Crippen molar-refractivity contribution in [2.24, 2.45) is 28.7 Å². The van der Waals surface area contributed by atoms with Crippen molar-refractivity contribution < 1.29 is 38.2 Å². The summed E-state index contributed by atoms with van der Waals surface area (Å²) >= 11 is 3.33. The molecule has 1 heterocycles. The zero-order valence-corrected chi connectivity index (χ0v) is 51.9. The summed E-state index contributed by atoms with van der Waals surface area (Å²) in [5.41, 5.74) is 5.11. The lowest BCUT2D eigenvalue weighted by Crippen LogP contribution is -2.53. The summed E-state index contributed by atoms with van der Waals surface area (Å²) in [5.74, 6) is 0.132. The van der Waals surface area contributed by atoms with Crippen molar-refractivity contribution in [3.05, 3.63) is 52.9 Å². The second-order valence-electron chi connectivity index (χ2n) is 21.4. The highest BCUT2D eigenvalue weighted by atomic mass is 79.9. The summed E-state index contributed by atoms with van der Waals surface area (Å²) in [7, 11) is 10.9. The van der Waals surface area contributed by atoms with E-state index in [4.69, 9.17) is 9.47 Å². The molecule has 1 saturated carbocycles. The van der Waals surface area contributed by atoms with E-state index in [-0.39, 0.29) is 79.4 Å². The number of carbonyl (C=O) groups excluding carboxylic acids is 6. The van der Waals surface area contributed by atoms with Gasteiger partial charge in [-0.25, -0.2) is 0 Å². The maximum atomic E-state index is 12.7. The van der Waals surface area contributed by atoms with Gasteiger partial charge >= 0.3 is 0 Å². The van der Waals surface area contributed by atoms with Gasteiger partial charge in [-0.1, -0.05) is 121 Å². The van der Waals surface area contributed by atoms with Gasteiger partial charge in [0.15, 0.2) is 0 Å². The van der Waals surface area contributed by atoms with Gasteiger partial charge in [0, 0.05) is 76.3 Å². The molecule has 1 aliphatic heterocycles. The average molecular weight is 1150 g/mol. The minimum atomic E-state index is -0.830. The Balaban J connectivity index is 0.000000889. The molecule has 10 atom stereocenters. The lowest BCUT2D eigenvalue weighted by molar-refractivity contribution is -0.139. The first kappa shape index (κ1) is 70.4. The molecule has 0 saturated heterocycles. The number of carbonyl (C=O) groups is 6. The summed E-state index contributed by atoms with van der Waals surface area (Å²) in [6.45, 7) is 23.1. The predicted molar refractivity (Wildman–Crippen MR) is 317 cm³/mol. The van der Waals surface area contributed by atoms with Crippen molar-refractivity contribution in [3.8, 4) is 0 Å². The molecule has 0 aromatic heterocycles. The fraction of sp³-hybridized carbons (Fsp3) is 0.712. The van der Waals surface area contributed by atoms with Crippen LogP contribution in [-0.2, 0) is 44.7 Å². The fourth-order valence-corrected chi connectivity index (χ4v) is 9.58. The number of ketones is 1. The highest BCUT2D eigenvalue weighted by molar-refractivity contribution is 9.09. The van der Waals surface area contributed by atoms with E-state index in [1.54, 1.807) is 49.6 Å². The number of Topliss-reactive ketones (excluding diaryl/α,β-unsaturated/α-hetero) is 1. The van der Waals surface area contributed by atoms with Crippen LogP contribution in [-0.4, -0.2) is 160 Å². The molecule has 0 spiro atoms. The Bertz CT molecular complexity index is 2060. The molecule has 1 fully saturated rings. The van der Waals surface area contributed by atoms with E-state index in [0.29, 0.717) is 28.4 Å². The zero-order chi connectivity index (χ0) is 58.4. The monoisotopic (exact) mass is 1140 g/mol. The number of allylic oxidation sites excluding steroid dienone is 1. The molecule has 3 rings (SSSR count). The molecule has 10 unspecified atom stereocenters. The second-order valence-corrected chi connectivity index (χ2v) is 22.1. The van der Waals surface area contributed by atoms with Crippen LogP contribution >= 0.6 is 15.9 Å². The van der Waals surface area contributed by atoms with E-state index in [0.717, 1.165) is 43.7 Å². The number of aliphatic imine (C=N–C) groups is 1. The van der Waals surface area contributed by atoms with Crippen molar-refractivity contribution >= 4 is 63.2 Å². The van der Waals surface area contributed by atoms with Crippen LogP contribution in [0.2, 0.25) is 0 Å². The third-order valence-corrected chi connectivity index (χ3v) is 15.3. The largest absolute Gasteiger partial charge is 0.380 e. The molecule has 5 N–H and O–H groups in total. The Labute approximate surface area is 472 Å². The highest BCUT2D eigenvalue weighted by Gasteiger charge is 2.34. The summed E-state index contributed by atoms with van der Waals surface area (Å²) < 4.78 is 11.7. The van der Waals surface area contributed by atoms with E-state index in [1.807, 2.05) is 53.3 Å². The number of hydrogen-bond acceptors (Lipinski definition) is 12. The van der Waals surface area contributed by atoms with Gasteiger partial charge in [-0.15, -0.1) is 0 Å². The number of anilines is 1. The molecule has 77 heavy (non-hydrogen) atoms. The van der Waals surface area contributed by atoms with Gasteiger partial charge in [0.1, 0.15) is 18.0 Å². The van der Waals surface area contributed by atoms with E-state index in [2.05, 4.69) is 107 Å². The summed E-state index contributed by atoms with van der Waals surface area (Å²) in [6, 6.07) is 6.48. The van der Waals surface area contributed by atoms with Gasteiger partial charge in [0.05, 0.1) is 43.0 Å².